The maximum absolute atomic E-state index is 13.9. The summed E-state index contributed by atoms with van der Waals surface area (Å²) in [5.41, 5.74) is 2.51. The lowest BCUT2D eigenvalue weighted by Gasteiger charge is -2.34. The van der Waals surface area contributed by atoms with Gasteiger partial charge >= 0.3 is 0 Å². The van der Waals surface area contributed by atoms with Crippen molar-refractivity contribution < 1.29 is 14.0 Å². The number of carbonyl (C=O) groups excluding carboxylic acids is 2. The molecular formula is C23H25FN2O2S. The number of amides is 2. The quantitative estimate of drug-likeness (QED) is 0.743. The minimum absolute atomic E-state index is 0.0186. The van der Waals surface area contributed by atoms with E-state index in [1.807, 2.05) is 38.1 Å². The van der Waals surface area contributed by atoms with Crippen molar-refractivity contribution in [3.63, 3.8) is 0 Å². The predicted molar refractivity (Wildman–Crippen MR) is 114 cm³/mol. The van der Waals surface area contributed by atoms with Crippen LogP contribution >= 0.6 is 11.8 Å². The third kappa shape index (κ3) is 3.14. The Kier molecular flexibility index (Phi) is 4.73. The van der Waals surface area contributed by atoms with Gasteiger partial charge in [-0.3, -0.25) is 9.59 Å². The summed E-state index contributed by atoms with van der Waals surface area (Å²) in [7, 11) is 0. The summed E-state index contributed by atoms with van der Waals surface area (Å²) in [6.07, 6.45) is 0. The number of carbonyl (C=O) groups is 2. The Morgan fingerprint density at radius 2 is 1.79 bits per heavy atom. The molecule has 4 nitrogen and oxygen atoms in total. The Labute approximate surface area is 175 Å². The first-order valence-electron chi connectivity index (χ1n) is 9.83. The molecule has 1 spiro atoms. The maximum atomic E-state index is 13.9. The first-order valence-corrected chi connectivity index (χ1v) is 10.6. The fourth-order valence-electron chi connectivity index (χ4n) is 4.22. The zero-order valence-corrected chi connectivity index (χ0v) is 17.9. The molecular weight excluding hydrogens is 387 g/mol. The van der Waals surface area contributed by atoms with Crippen molar-refractivity contribution in [1.82, 2.24) is 4.90 Å². The number of thioether (sulfide) groups is 1. The van der Waals surface area contributed by atoms with Crippen molar-refractivity contribution in [3.05, 3.63) is 65.5 Å². The first kappa shape index (κ1) is 20.0. The lowest BCUT2D eigenvalue weighted by Crippen LogP contribution is -2.51. The van der Waals surface area contributed by atoms with Crippen LogP contribution in [0.3, 0.4) is 0 Å². The monoisotopic (exact) mass is 412 g/mol. The molecule has 0 aromatic heterocycles. The number of hydrogen-bond acceptors (Lipinski definition) is 3. The molecule has 0 saturated carbocycles. The summed E-state index contributed by atoms with van der Waals surface area (Å²) in [6.45, 7) is 8.74. The molecule has 29 heavy (non-hydrogen) atoms. The molecule has 0 N–H and O–H groups in total. The number of anilines is 1. The van der Waals surface area contributed by atoms with Gasteiger partial charge in [-0.25, -0.2) is 4.39 Å². The molecule has 4 rings (SSSR count). The molecule has 1 fully saturated rings. The Morgan fingerprint density at radius 3 is 2.45 bits per heavy atom. The van der Waals surface area contributed by atoms with Gasteiger partial charge in [0.1, 0.15) is 5.82 Å². The van der Waals surface area contributed by atoms with Crippen molar-refractivity contribution in [1.29, 1.82) is 0 Å². The highest BCUT2D eigenvalue weighted by Gasteiger charge is 2.63. The van der Waals surface area contributed by atoms with Gasteiger partial charge in [0.25, 0.3) is 5.91 Å². The normalized spacial score (nSPS) is 22.6. The maximum Gasteiger partial charge on any atom is 0.268 e. The molecule has 0 unspecified atom stereocenters. The number of hydrogen-bond donors (Lipinski definition) is 0. The van der Waals surface area contributed by atoms with Crippen LogP contribution in [0.1, 0.15) is 38.8 Å². The van der Waals surface area contributed by atoms with Gasteiger partial charge in [0.05, 0.1) is 12.2 Å². The zero-order valence-electron chi connectivity index (χ0n) is 17.1. The Balaban J connectivity index is 1.83. The fourth-order valence-corrected chi connectivity index (χ4v) is 5.95. The molecule has 6 heteroatoms. The fraction of sp³-hybridized carbons (Fsp3) is 0.391. The van der Waals surface area contributed by atoms with E-state index in [9.17, 15) is 14.0 Å². The highest BCUT2D eigenvalue weighted by Crippen LogP contribution is 2.59. The average molecular weight is 413 g/mol. The summed E-state index contributed by atoms with van der Waals surface area (Å²) >= 11 is 1.55. The van der Waals surface area contributed by atoms with E-state index < -0.39 is 4.87 Å². The van der Waals surface area contributed by atoms with E-state index in [2.05, 4.69) is 13.8 Å². The molecule has 152 valence electrons. The van der Waals surface area contributed by atoms with Gasteiger partial charge in [0, 0.05) is 22.8 Å². The van der Waals surface area contributed by atoms with E-state index in [1.165, 1.54) is 12.1 Å². The molecule has 2 aliphatic rings. The van der Waals surface area contributed by atoms with Crippen LogP contribution in [0.2, 0.25) is 0 Å². The number of halogens is 1. The van der Waals surface area contributed by atoms with E-state index in [4.69, 9.17) is 0 Å². The predicted octanol–water partition coefficient (Wildman–Crippen LogP) is 4.54. The van der Waals surface area contributed by atoms with Crippen LogP contribution in [0.25, 0.3) is 0 Å². The smallest absolute Gasteiger partial charge is 0.268 e. The number of fused-ring (bicyclic) bond motifs is 2. The summed E-state index contributed by atoms with van der Waals surface area (Å²) in [5, 5.41) is 0. The van der Waals surface area contributed by atoms with Crippen LogP contribution in [-0.2, 0) is 21.0 Å². The topological polar surface area (TPSA) is 40.6 Å². The van der Waals surface area contributed by atoms with Crippen molar-refractivity contribution in [2.75, 3.05) is 11.4 Å². The van der Waals surface area contributed by atoms with E-state index in [1.54, 1.807) is 33.7 Å². The minimum Gasteiger partial charge on any atom is -0.314 e. The second-order valence-electron chi connectivity index (χ2n) is 8.62. The van der Waals surface area contributed by atoms with Crippen molar-refractivity contribution >= 4 is 29.3 Å². The largest absolute Gasteiger partial charge is 0.314 e. The van der Waals surface area contributed by atoms with Crippen molar-refractivity contribution in [2.24, 2.45) is 5.92 Å². The summed E-state index contributed by atoms with van der Waals surface area (Å²) in [6, 6.07) is 13.9. The van der Waals surface area contributed by atoms with E-state index >= 15 is 0 Å². The van der Waals surface area contributed by atoms with E-state index in [-0.39, 0.29) is 28.3 Å². The summed E-state index contributed by atoms with van der Waals surface area (Å²) < 4.78 is 13.1. The highest BCUT2D eigenvalue weighted by molar-refractivity contribution is 8.02. The highest BCUT2D eigenvalue weighted by atomic mass is 32.2. The van der Waals surface area contributed by atoms with Crippen LogP contribution < -0.4 is 4.90 Å². The third-order valence-electron chi connectivity index (χ3n) is 5.45. The van der Waals surface area contributed by atoms with Gasteiger partial charge in [0.2, 0.25) is 5.91 Å². The Hall–Kier alpha value is -2.34. The van der Waals surface area contributed by atoms with Gasteiger partial charge in [0.15, 0.2) is 4.87 Å². The molecule has 2 heterocycles. The molecule has 2 aromatic carbocycles. The van der Waals surface area contributed by atoms with Crippen molar-refractivity contribution in [3.8, 4) is 0 Å². The number of para-hydroxylation sites is 1. The molecule has 0 bridgehead atoms. The standard InChI is InChI=1S/C23H25FN2O2S/c1-15(2)20(27)26-14-22(3,4)29-23(26)18-7-5-6-8-19(18)25(21(23)28)13-16-9-11-17(24)12-10-16/h5-12,15H,13-14H2,1-4H3/t23-/m0/s1. The zero-order chi connectivity index (χ0) is 21.0. The van der Waals surface area contributed by atoms with E-state index in [0.717, 1.165) is 16.8 Å². The Bertz CT molecular complexity index is 973. The summed E-state index contributed by atoms with van der Waals surface area (Å²) in [5.74, 6) is -0.630. The first-order chi connectivity index (χ1) is 13.7. The molecule has 2 amide bonds. The van der Waals surface area contributed by atoms with Crippen LogP contribution in [0, 0.1) is 11.7 Å². The van der Waals surface area contributed by atoms with Crippen LogP contribution in [0.5, 0.6) is 0 Å². The van der Waals surface area contributed by atoms with Crippen LogP contribution in [-0.4, -0.2) is 28.0 Å². The van der Waals surface area contributed by atoms with Gasteiger partial charge in [-0.15, -0.1) is 11.8 Å². The third-order valence-corrected chi connectivity index (χ3v) is 7.04. The van der Waals surface area contributed by atoms with Gasteiger partial charge in [-0.05, 0) is 37.6 Å². The molecule has 2 aromatic rings. The average Bonchev–Trinajstić information content (AvgIpc) is 3.09. The molecule has 0 radical (unpaired) electrons. The minimum atomic E-state index is -1.05. The molecule has 1 atom stereocenters. The lowest BCUT2D eigenvalue weighted by molar-refractivity contribution is -0.143. The lowest BCUT2D eigenvalue weighted by atomic mass is 10.0. The van der Waals surface area contributed by atoms with E-state index in [0.29, 0.717) is 13.1 Å². The van der Waals surface area contributed by atoms with Gasteiger partial charge in [-0.1, -0.05) is 44.2 Å². The van der Waals surface area contributed by atoms with Gasteiger partial charge in [-0.2, -0.15) is 0 Å². The molecule has 0 aliphatic carbocycles. The second-order valence-corrected chi connectivity index (χ2v) is 10.5. The summed E-state index contributed by atoms with van der Waals surface area (Å²) in [4.78, 5) is 29.5. The number of benzene rings is 2. The second kappa shape index (κ2) is 6.87. The molecule has 1 saturated heterocycles. The SMILES string of the molecule is CC(C)C(=O)N1CC(C)(C)S[C@@]12C(=O)N(Cc1ccc(F)cc1)c1ccccc12. The Morgan fingerprint density at radius 1 is 1.14 bits per heavy atom. The molecule has 2 aliphatic heterocycles. The van der Waals surface area contributed by atoms with Crippen molar-refractivity contribution in [2.45, 2.75) is 43.9 Å². The van der Waals surface area contributed by atoms with Crippen LogP contribution in [0.15, 0.2) is 48.5 Å². The van der Waals surface area contributed by atoms with Gasteiger partial charge < -0.3 is 9.80 Å². The number of nitrogens with zero attached hydrogens (tertiary/aromatic N) is 2. The number of rotatable bonds is 3. The van der Waals surface area contributed by atoms with Crippen LogP contribution in [0.4, 0.5) is 10.1 Å².